The molecule has 3 nitrogen and oxygen atoms in total. The van der Waals surface area contributed by atoms with Gasteiger partial charge >= 0.3 is 198 Å². The summed E-state index contributed by atoms with van der Waals surface area (Å²) in [6.07, 6.45) is -4.63. The van der Waals surface area contributed by atoms with Gasteiger partial charge in [0.05, 0.1) is 0 Å². The number of halogens is 5. The van der Waals surface area contributed by atoms with Crippen molar-refractivity contribution in [2.75, 3.05) is 13.7 Å². The molecule has 0 radical (unpaired) electrons. The number of alkyl halides is 3. The number of methoxy groups -OCH3 is 1. The molecule has 0 saturated carbocycles. The van der Waals surface area contributed by atoms with Crippen molar-refractivity contribution in [3.05, 3.63) is 83.9 Å². The maximum atomic E-state index is 17.6. The number of hydrogen-bond donors (Lipinski definition) is 0. The average molecular weight is 673 g/mol. The van der Waals surface area contributed by atoms with E-state index < -0.39 is 40.5 Å². The fourth-order valence-electron chi connectivity index (χ4n) is 3.90. The van der Waals surface area contributed by atoms with Gasteiger partial charge in [0, 0.05) is 0 Å². The van der Waals surface area contributed by atoms with Crippen LogP contribution >= 0.6 is 0 Å². The van der Waals surface area contributed by atoms with E-state index in [1.54, 1.807) is 6.07 Å². The third kappa shape index (κ3) is 4.19. The van der Waals surface area contributed by atoms with Crippen LogP contribution < -0.4 is 14.6 Å². The number of ether oxygens (including phenoxy) is 2. The van der Waals surface area contributed by atoms with Crippen LogP contribution in [0.3, 0.4) is 0 Å². The zero-order chi connectivity index (χ0) is 24.8. The number of aliphatic imine (C=N–C) groups is 1. The summed E-state index contributed by atoms with van der Waals surface area (Å²) in [6, 6.07) is 14.7. The molecule has 0 bridgehead atoms. The molecule has 9 heteroatoms. The van der Waals surface area contributed by atoms with E-state index in [-0.39, 0.29) is 24.6 Å². The Balaban J connectivity index is 2.01. The number of hydrogen-bond acceptors (Lipinski definition) is 3. The monoisotopic (exact) mass is 673 g/mol. The minimum absolute atomic E-state index is 0.109. The molecule has 0 unspecified atom stereocenters. The first-order chi connectivity index (χ1) is 15.8. The zero-order valence-electron chi connectivity index (χ0n) is 18.7. The summed E-state index contributed by atoms with van der Waals surface area (Å²) in [5, 5.41) is 0. The van der Waals surface area contributed by atoms with Crippen molar-refractivity contribution in [1.29, 1.82) is 0 Å². The van der Waals surface area contributed by atoms with Gasteiger partial charge in [0.25, 0.3) is 0 Å². The second-order valence-corrected chi connectivity index (χ2v) is 21.6. The molecule has 3 aromatic carbocycles. The summed E-state index contributed by atoms with van der Waals surface area (Å²) >= 11 is -7.52. The topological polar surface area (TPSA) is 30.8 Å². The Kier molecular flexibility index (Phi) is 6.00. The fourth-order valence-corrected chi connectivity index (χ4v) is 16.1. The SMILES string of the molecule is COc1cc[c]([Bi]([F])([F])([c]2ccc(C(F)(F)F)cc2)[c]2ccccc2C2=NC(C)(C)CO2)cc1. The van der Waals surface area contributed by atoms with Crippen LogP contribution in [0.1, 0.15) is 25.0 Å². The Bertz CT molecular complexity index is 1240. The predicted octanol–water partition coefficient (Wildman–Crippen LogP) is 4.63. The van der Waals surface area contributed by atoms with Gasteiger partial charge in [0.2, 0.25) is 0 Å². The molecule has 1 heterocycles. The molecule has 0 amide bonds. The Labute approximate surface area is 197 Å². The summed E-state index contributed by atoms with van der Waals surface area (Å²) in [6.45, 7) is 3.91. The van der Waals surface area contributed by atoms with E-state index in [4.69, 9.17) is 9.47 Å². The van der Waals surface area contributed by atoms with Crippen LogP contribution in [0.15, 0.2) is 77.8 Å². The van der Waals surface area contributed by atoms with E-state index in [0.29, 0.717) is 17.9 Å². The van der Waals surface area contributed by atoms with Crippen molar-refractivity contribution in [1.82, 2.24) is 0 Å². The van der Waals surface area contributed by atoms with E-state index in [2.05, 4.69) is 4.99 Å². The van der Waals surface area contributed by atoms with Crippen LogP contribution in [-0.4, -0.2) is 45.2 Å². The molecule has 1 aliphatic rings. The Hall–Kier alpha value is -2.54. The Morgan fingerprint density at radius 2 is 1.44 bits per heavy atom. The van der Waals surface area contributed by atoms with Crippen LogP contribution in [0.25, 0.3) is 0 Å². The van der Waals surface area contributed by atoms with Gasteiger partial charge in [-0.1, -0.05) is 0 Å². The van der Waals surface area contributed by atoms with Gasteiger partial charge in [0.1, 0.15) is 0 Å². The standard InChI is InChI=1S/C11H12NO.C7H4F3.C7H7O.Bi.2FH/c1-11(2)8-13-10(12-11)9-6-4-3-5-7-9;8-7(9,10)6-4-2-1-3-5-6;1-8-7-5-3-2-4-6-7;;;/h3-6H,8H2,1-2H3;2-5H;3-6H,1H3;;2*1H/q;;;+2;;/p-2. The molecular weight excluding hydrogens is 650 g/mol. The molecule has 0 aromatic heterocycles. The van der Waals surface area contributed by atoms with Gasteiger partial charge in [0.15, 0.2) is 0 Å². The van der Waals surface area contributed by atoms with Crippen molar-refractivity contribution in [3.8, 4) is 5.75 Å². The molecule has 0 spiro atoms. The van der Waals surface area contributed by atoms with Gasteiger partial charge < -0.3 is 0 Å². The number of nitrogens with zero attached hydrogens (tertiary/aromatic N) is 1. The van der Waals surface area contributed by atoms with Crippen molar-refractivity contribution < 1.29 is 27.9 Å². The summed E-state index contributed by atoms with van der Waals surface area (Å²) in [5.74, 6) is 0.505. The van der Waals surface area contributed by atoms with E-state index in [1.165, 1.54) is 49.6 Å². The van der Waals surface area contributed by atoms with Gasteiger partial charge in [-0.3, -0.25) is 0 Å². The second kappa shape index (κ2) is 8.29. The van der Waals surface area contributed by atoms with Gasteiger partial charge in [-0.15, -0.1) is 0 Å². The van der Waals surface area contributed by atoms with Gasteiger partial charge in [-0.25, -0.2) is 0 Å². The van der Waals surface area contributed by atoms with Crippen molar-refractivity contribution in [2.24, 2.45) is 4.99 Å². The van der Waals surface area contributed by atoms with Crippen LogP contribution in [0.2, 0.25) is 0 Å². The van der Waals surface area contributed by atoms with Crippen LogP contribution in [0.4, 0.5) is 18.4 Å². The first-order valence-corrected chi connectivity index (χ1v) is 18.3. The van der Waals surface area contributed by atoms with Crippen LogP contribution in [0, 0.1) is 0 Å². The molecule has 0 fully saturated rings. The average Bonchev–Trinajstić information content (AvgIpc) is 3.18. The van der Waals surface area contributed by atoms with Crippen molar-refractivity contribution in [3.63, 3.8) is 0 Å². The van der Waals surface area contributed by atoms with Crippen molar-refractivity contribution in [2.45, 2.75) is 25.6 Å². The molecule has 0 atom stereocenters. The molecule has 0 N–H and O–H groups in total. The molecule has 0 aliphatic carbocycles. The molecule has 1 aliphatic heterocycles. The first-order valence-electron chi connectivity index (χ1n) is 10.5. The van der Waals surface area contributed by atoms with Gasteiger partial charge in [-0.05, 0) is 0 Å². The van der Waals surface area contributed by atoms with Crippen LogP contribution in [0.5, 0.6) is 5.75 Å². The third-order valence-electron chi connectivity index (χ3n) is 5.70. The second-order valence-electron chi connectivity index (χ2n) is 8.68. The quantitative estimate of drug-likeness (QED) is 0.293. The Morgan fingerprint density at radius 1 is 0.882 bits per heavy atom. The fraction of sp³-hybridized carbons (Fsp3) is 0.240. The molecule has 0 saturated heterocycles. The molecule has 180 valence electrons. The summed E-state index contributed by atoms with van der Waals surface area (Å²) in [4.78, 5) is 4.48. The van der Waals surface area contributed by atoms with E-state index in [1.807, 2.05) is 13.8 Å². The maximum absolute atomic E-state index is 17.6. The molecular formula is C25H23BiF5NO2. The Morgan fingerprint density at radius 3 is 1.94 bits per heavy atom. The van der Waals surface area contributed by atoms with Gasteiger partial charge in [-0.2, -0.15) is 0 Å². The minimum atomic E-state index is -7.52. The van der Waals surface area contributed by atoms with E-state index in [0.717, 1.165) is 12.1 Å². The summed E-state index contributed by atoms with van der Waals surface area (Å²) in [5.41, 5.74) is -1.40. The molecule has 4 rings (SSSR count). The third-order valence-corrected chi connectivity index (χ3v) is 19.9. The predicted molar refractivity (Wildman–Crippen MR) is 124 cm³/mol. The zero-order valence-corrected chi connectivity index (χ0v) is 22.2. The van der Waals surface area contributed by atoms with Crippen LogP contribution in [-0.2, 0) is 10.9 Å². The normalized spacial score (nSPS) is 16.8. The number of rotatable bonds is 5. The number of benzene rings is 3. The summed E-state index contributed by atoms with van der Waals surface area (Å²) < 4.78 is 84.6. The van der Waals surface area contributed by atoms with E-state index >= 15 is 5.25 Å². The molecule has 34 heavy (non-hydrogen) atoms. The first kappa shape index (κ1) is 24.6. The van der Waals surface area contributed by atoms with E-state index in [9.17, 15) is 13.2 Å². The molecule has 3 aromatic rings. The summed E-state index contributed by atoms with van der Waals surface area (Å²) in [7, 11) is 1.43. The van der Waals surface area contributed by atoms with Crippen molar-refractivity contribution >= 4 is 35.7 Å².